The minimum atomic E-state index is -0.169. The molecule has 4 rings (SSSR count). The van der Waals surface area contributed by atoms with Crippen LogP contribution in [0.2, 0.25) is 5.02 Å². The second kappa shape index (κ2) is 8.76. The first-order chi connectivity index (χ1) is 14.1. The van der Waals surface area contributed by atoms with Crippen LogP contribution in [-0.2, 0) is 0 Å². The zero-order valence-electron chi connectivity index (χ0n) is 16.0. The maximum absolute atomic E-state index is 12.7. The third kappa shape index (κ3) is 4.49. The van der Waals surface area contributed by atoms with Crippen LogP contribution in [0.25, 0.3) is 22.4 Å². The van der Waals surface area contributed by atoms with Crippen molar-refractivity contribution in [3.63, 3.8) is 0 Å². The molecule has 0 aliphatic heterocycles. The van der Waals surface area contributed by atoms with E-state index in [1.807, 2.05) is 42.5 Å². The lowest BCUT2D eigenvalue weighted by Crippen LogP contribution is -2.23. The quantitative estimate of drug-likeness (QED) is 0.406. The van der Waals surface area contributed by atoms with Crippen LogP contribution in [0, 0.1) is 0 Å². The third-order valence-corrected chi connectivity index (χ3v) is 5.69. The number of nitrogens with zero attached hydrogens (tertiary/aromatic N) is 3. The van der Waals surface area contributed by atoms with Gasteiger partial charge >= 0.3 is 0 Å². The second-order valence-corrected chi connectivity index (χ2v) is 8.12. The zero-order chi connectivity index (χ0) is 20.2. The highest BCUT2D eigenvalue weighted by Gasteiger charge is 2.12. The summed E-state index contributed by atoms with van der Waals surface area (Å²) in [5, 5.41) is 5.00. The molecule has 0 radical (unpaired) electrons. The van der Waals surface area contributed by atoms with Gasteiger partial charge in [0.05, 0.1) is 11.1 Å². The SMILES string of the molecule is CCCCCOc1ccc(/C=c2\sc3nc(-c4ccc(Cl)cc4)nn3c2=O)cc1. The van der Waals surface area contributed by atoms with E-state index in [0.717, 1.165) is 29.9 Å². The number of halogens is 1. The number of rotatable bonds is 7. The molecule has 148 valence electrons. The topological polar surface area (TPSA) is 56.5 Å². The molecule has 0 spiro atoms. The van der Waals surface area contributed by atoms with Gasteiger partial charge < -0.3 is 4.74 Å². The Morgan fingerprint density at radius 1 is 1.10 bits per heavy atom. The Hall–Kier alpha value is -2.70. The molecule has 5 nitrogen and oxygen atoms in total. The van der Waals surface area contributed by atoms with Crippen LogP contribution in [0.4, 0.5) is 0 Å². The Morgan fingerprint density at radius 3 is 2.55 bits per heavy atom. The first kappa shape index (κ1) is 19.6. The van der Waals surface area contributed by atoms with Crippen LogP contribution in [0.5, 0.6) is 5.75 Å². The molecule has 0 aliphatic rings. The summed E-state index contributed by atoms with van der Waals surface area (Å²) in [7, 11) is 0. The largest absolute Gasteiger partial charge is 0.494 e. The third-order valence-electron chi connectivity index (χ3n) is 4.48. The highest BCUT2D eigenvalue weighted by atomic mass is 35.5. The fourth-order valence-electron chi connectivity index (χ4n) is 2.91. The molecule has 0 fully saturated rings. The molecule has 0 saturated carbocycles. The smallest absolute Gasteiger partial charge is 0.291 e. The van der Waals surface area contributed by atoms with Gasteiger partial charge in [0.25, 0.3) is 5.56 Å². The lowest BCUT2D eigenvalue weighted by atomic mass is 10.2. The maximum Gasteiger partial charge on any atom is 0.291 e. The van der Waals surface area contributed by atoms with Gasteiger partial charge in [-0.3, -0.25) is 4.79 Å². The molecule has 0 N–H and O–H groups in total. The van der Waals surface area contributed by atoms with Gasteiger partial charge in [-0.2, -0.15) is 9.50 Å². The number of benzene rings is 2. The Morgan fingerprint density at radius 2 is 1.86 bits per heavy atom. The average molecular weight is 426 g/mol. The highest BCUT2D eigenvalue weighted by molar-refractivity contribution is 7.15. The minimum absolute atomic E-state index is 0.169. The molecule has 0 atom stereocenters. The number of thiazole rings is 1. The number of unbranched alkanes of at least 4 members (excludes halogenated alkanes) is 2. The molecular formula is C22H20ClN3O2S. The Labute approximate surface area is 177 Å². The van der Waals surface area contributed by atoms with E-state index in [0.29, 0.717) is 20.3 Å². The summed E-state index contributed by atoms with van der Waals surface area (Å²) in [5.41, 5.74) is 1.59. The van der Waals surface area contributed by atoms with Crippen molar-refractivity contribution in [1.29, 1.82) is 0 Å². The molecule has 2 aromatic heterocycles. The van der Waals surface area contributed by atoms with E-state index in [9.17, 15) is 4.79 Å². The fourth-order valence-corrected chi connectivity index (χ4v) is 3.94. The summed E-state index contributed by atoms with van der Waals surface area (Å²) in [4.78, 5) is 17.8. The van der Waals surface area contributed by atoms with E-state index in [2.05, 4.69) is 17.0 Å². The average Bonchev–Trinajstić information content (AvgIpc) is 3.27. The number of ether oxygens (including phenoxy) is 1. The molecule has 29 heavy (non-hydrogen) atoms. The summed E-state index contributed by atoms with van der Waals surface area (Å²) in [6.07, 6.45) is 5.26. The van der Waals surface area contributed by atoms with Gasteiger partial charge in [-0.25, -0.2) is 0 Å². The van der Waals surface area contributed by atoms with Crippen LogP contribution in [0.3, 0.4) is 0 Å². The fraction of sp³-hybridized carbons (Fsp3) is 0.227. The van der Waals surface area contributed by atoms with Crippen molar-refractivity contribution in [2.75, 3.05) is 6.61 Å². The van der Waals surface area contributed by atoms with E-state index in [4.69, 9.17) is 16.3 Å². The van der Waals surface area contributed by atoms with Gasteiger partial charge in [-0.15, -0.1) is 5.10 Å². The van der Waals surface area contributed by atoms with Crippen molar-refractivity contribution in [2.24, 2.45) is 0 Å². The van der Waals surface area contributed by atoms with Gasteiger partial charge in [0.2, 0.25) is 4.96 Å². The summed E-state index contributed by atoms with van der Waals surface area (Å²) in [6.45, 7) is 2.90. The first-order valence-electron chi connectivity index (χ1n) is 9.54. The van der Waals surface area contributed by atoms with E-state index < -0.39 is 0 Å². The number of fused-ring (bicyclic) bond motifs is 1. The van der Waals surface area contributed by atoms with E-state index in [1.165, 1.54) is 28.7 Å². The number of hydrogen-bond acceptors (Lipinski definition) is 5. The Kier molecular flexibility index (Phi) is 5.92. The van der Waals surface area contributed by atoms with Crippen molar-refractivity contribution < 1.29 is 4.74 Å². The van der Waals surface area contributed by atoms with Crippen molar-refractivity contribution in [1.82, 2.24) is 14.6 Å². The molecule has 4 aromatic rings. The molecular weight excluding hydrogens is 406 g/mol. The standard InChI is InChI=1S/C22H20ClN3O2S/c1-2-3-4-13-28-18-11-5-15(6-12-18)14-19-21(27)26-22(29-19)24-20(25-26)16-7-9-17(23)10-8-16/h5-12,14H,2-4,13H2,1H3/b19-14-. The van der Waals surface area contributed by atoms with Crippen LogP contribution in [0.1, 0.15) is 31.7 Å². The molecule has 0 unspecified atom stereocenters. The molecule has 0 saturated heterocycles. The predicted octanol–water partition coefficient (Wildman–Crippen LogP) is 4.59. The molecule has 2 heterocycles. The van der Waals surface area contributed by atoms with Gasteiger partial charge in [0.15, 0.2) is 5.82 Å². The van der Waals surface area contributed by atoms with Gasteiger partial charge in [-0.1, -0.05) is 54.8 Å². The van der Waals surface area contributed by atoms with Crippen LogP contribution in [0.15, 0.2) is 53.3 Å². The lowest BCUT2D eigenvalue weighted by molar-refractivity contribution is 0.306. The normalized spacial score (nSPS) is 12.0. The first-order valence-corrected chi connectivity index (χ1v) is 10.7. The van der Waals surface area contributed by atoms with Crippen LogP contribution < -0.4 is 14.8 Å². The summed E-state index contributed by atoms with van der Waals surface area (Å²) < 4.78 is 7.68. The van der Waals surface area contributed by atoms with E-state index in [1.54, 1.807) is 12.1 Å². The predicted molar refractivity (Wildman–Crippen MR) is 118 cm³/mol. The summed E-state index contributed by atoms with van der Waals surface area (Å²) >= 11 is 7.25. The van der Waals surface area contributed by atoms with Crippen molar-refractivity contribution in [3.8, 4) is 17.1 Å². The molecule has 7 heteroatoms. The van der Waals surface area contributed by atoms with Crippen molar-refractivity contribution >= 4 is 34.0 Å². The van der Waals surface area contributed by atoms with Crippen molar-refractivity contribution in [2.45, 2.75) is 26.2 Å². The maximum atomic E-state index is 12.7. The lowest BCUT2D eigenvalue weighted by Gasteiger charge is -2.05. The van der Waals surface area contributed by atoms with E-state index >= 15 is 0 Å². The van der Waals surface area contributed by atoms with E-state index in [-0.39, 0.29) is 5.56 Å². The monoisotopic (exact) mass is 425 g/mol. The molecule has 2 aromatic carbocycles. The minimum Gasteiger partial charge on any atom is -0.494 e. The highest BCUT2D eigenvalue weighted by Crippen LogP contribution is 2.19. The molecule has 0 amide bonds. The van der Waals surface area contributed by atoms with Gasteiger partial charge in [0.1, 0.15) is 5.75 Å². The van der Waals surface area contributed by atoms with Crippen LogP contribution >= 0.6 is 22.9 Å². The summed E-state index contributed by atoms with van der Waals surface area (Å²) in [6, 6.07) is 15.0. The summed E-state index contributed by atoms with van der Waals surface area (Å²) in [5.74, 6) is 1.36. The van der Waals surface area contributed by atoms with Gasteiger partial charge in [0, 0.05) is 10.6 Å². The Bertz CT molecular complexity index is 1210. The molecule has 0 aliphatic carbocycles. The Balaban J connectivity index is 1.55. The van der Waals surface area contributed by atoms with Crippen molar-refractivity contribution in [3.05, 3.63) is 74.0 Å². The van der Waals surface area contributed by atoms with Gasteiger partial charge in [-0.05, 0) is 54.5 Å². The second-order valence-electron chi connectivity index (χ2n) is 6.68. The van der Waals surface area contributed by atoms with Crippen LogP contribution in [-0.4, -0.2) is 21.2 Å². The molecule has 0 bridgehead atoms. The zero-order valence-corrected chi connectivity index (χ0v) is 17.5. The number of hydrogen-bond donors (Lipinski definition) is 0. The number of aromatic nitrogens is 3.